The van der Waals surface area contributed by atoms with E-state index in [1.54, 1.807) is 4.90 Å². The highest BCUT2D eigenvalue weighted by Crippen LogP contribution is 2.49. The average Bonchev–Trinajstić information content (AvgIpc) is 3.07. The maximum absolute atomic E-state index is 12.7. The highest BCUT2D eigenvalue weighted by molar-refractivity contribution is 5.87. The molecule has 114 valence electrons. The molecule has 1 heterocycles. The van der Waals surface area contributed by atoms with Crippen molar-refractivity contribution in [2.75, 3.05) is 13.1 Å². The predicted molar refractivity (Wildman–Crippen MR) is 73.9 cm³/mol. The Balaban J connectivity index is 1.77. The summed E-state index contributed by atoms with van der Waals surface area (Å²) in [5, 5.41) is 9.41. The van der Waals surface area contributed by atoms with Crippen LogP contribution in [0.4, 0.5) is 0 Å². The van der Waals surface area contributed by atoms with Gasteiger partial charge < -0.3 is 15.7 Å². The molecule has 1 saturated carbocycles. The zero-order valence-corrected chi connectivity index (χ0v) is 11.8. The maximum Gasteiger partial charge on any atom is 0.307 e. The summed E-state index contributed by atoms with van der Waals surface area (Å²) in [6.45, 7) is 0.921. The van der Waals surface area contributed by atoms with E-state index in [9.17, 15) is 19.5 Å². The lowest BCUT2D eigenvalue weighted by molar-refractivity contribution is -0.152. The Kier molecular flexibility index (Phi) is 3.47. The van der Waals surface area contributed by atoms with Gasteiger partial charge in [-0.2, -0.15) is 0 Å². The fourth-order valence-electron chi connectivity index (χ4n) is 4.12. The summed E-state index contributed by atoms with van der Waals surface area (Å²) in [6.07, 6.45) is 6.10. The van der Waals surface area contributed by atoms with E-state index in [4.69, 9.17) is 5.73 Å². The van der Waals surface area contributed by atoms with Gasteiger partial charge in [-0.1, -0.05) is 12.2 Å². The Morgan fingerprint density at radius 1 is 1.14 bits per heavy atom. The number of carboxylic acids is 1. The molecule has 1 aliphatic heterocycles. The average molecular weight is 292 g/mol. The summed E-state index contributed by atoms with van der Waals surface area (Å²) in [7, 11) is 0. The SMILES string of the molecule is NC(=O)C1CCCN(C(=O)[C@H]2C3C=CC(C3)[C@H]2C(=O)O)C1. The van der Waals surface area contributed by atoms with E-state index in [1.807, 2.05) is 12.2 Å². The predicted octanol–water partition coefficient (Wildman–Crippen LogP) is 0.233. The lowest BCUT2D eigenvalue weighted by Gasteiger charge is -2.35. The Bertz CT molecular complexity index is 516. The summed E-state index contributed by atoms with van der Waals surface area (Å²) in [5.74, 6) is -2.81. The van der Waals surface area contributed by atoms with Gasteiger partial charge in [-0.3, -0.25) is 14.4 Å². The van der Waals surface area contributed by atoms with Gasteiger partial charge in [0, 0.05) is 13.1 Å². The van der Waals surface area contributed by atoms with Crippen molar-refractivity contribution in [3.05, 3.63) is 12.2 Å². The van der Waals surface area contributed by atoms with Crippen molar-refractivity contribution in [1.82, 2.24) is 4.90 Å². The standard InChI is InChI=1S/C15H20N2O4/c16-13(18)10-2-1-5-17(7-10)14(19)11-8-3-4-9(6-8)12(11)15(20)21/h3-4,8-12H,1-2,5-7H2,(H2,16,18)(H,20,21)/t8?,9?,10?,11-,12+/m0/s1. The largest absolute Gasteiger partial charge is 0.481 e. The third-order valence-electron chi connectivity index (χ3n) is 5.17. The Morgan fingerprint density at radius 2 is 1.81 bits per heavy atom. The first-order valence-corrected chi connectivity index (χ1v) is 7.48. The summed E-state index contributed by atoms with van der Waals surface area (Å²) in [6, 6.07) is 0. The molecule has 0 aromatic heterocycles. The monoisotopic (exact) mass is 292 g/mol. The molecule has 3 N–H and O–H groups in total. The normalized spacial score (nSPS) is 37.7. The number of hydrogen-bond donors (Lipinski definition) is 2. The van der Waals surface area contributed by atoms with Gasteiger partial charge in [0.15, 0.2) is 0 Å². The minimum atomic E-state index is -0.895. The molecule has 0 spiro atoms. The molecule has 21 heavy (non-hydrogen) atoms. The number of hydrogen-bond acceptors (Lipinski definition) is 3. The minimum Gasteiger partial charge on any atom is -0.481 e. The van der Waals surface area contributed by atoms with Gasteiger partial charge in [0.2, 0.25) is 11.8 Å². The zero-order chi connectivity index (χ0) is 15.1. The molecule has 3 aliphatic rings. The van der Waals surface area contributed by atoms with Crippen molar-refractivity contribution < 1.29 is 19.5 Å². The number of rotatable bonds is 3. The second-order valence-electron chi connectivity index (χ2n) is 6.36. The molecule has 6 heteroatoms. The van der Waals surface area contributed by atoms with Crippen LogP contribution in [0.1, 0.15) is 19.3 Å². The quantitative estimate of drug-likeness (QED) is 0.727. The van der Waals surface area contributed by atoms with Crippen molar-refractivity contribution in [1.29, 1.82) is 0 Å². The first kappa shape index (κ1) is 14.1. The Hall–Kier alpha value is -1.85. The third kappa shape index (κ3) is 2.32. The molecule has 2 amide bonds. The van der Waals surface area contributed by atoms with Crippen LogP contribution in [0.15, 0.2) is 12.2 Å². The highest BCUT2D eigenvalue weighted by atomic mass is 16.4. The number of aliphatic carboxylic acids is 1. The topological polar surface area (TPSA) is 101 Å². The number of piperidine rings is 1. The fraction of sp³-hybridized carbons (Fsp3) is 0.667. The molecule has 3 unspecified atom stereocenters. The molecule has 2 bridgehead atoms. The summed E-state index contributed by atoms with van der Waals surface area (Å²) >= 11 is 0. The fourth-order valence-corrected chi connectivity index (χ4v) is 4.12. The van der Waals surface area contributed by atoms with Crippen molar-refractivity contribution in [3.8, 4) is 0 Å². The molecule has 2 aliphatic carbocycles. The van der Waals surface area contributed by atoms with E-state index in [2.05, 4.69) is 0 Å². The van der Waals surface area contributed by atoms with Crippen LogP contribution in [0.2, 0.25) is 0 Å². The molecule has 0 aromatic carbocycles. The summed E-state index contributed by atoms with van der Waals surface area (Å²) in [5.41, 5.74) is 5.34. The molecule has 0 radical (unpaired) electrons. The Labute approximate surface area is 123 Å². The van der Waals surface area contributed by atoms with E-state index in [0.717, 1.165) is 12.8 Å². The minimum absolute atomic E-state index is 0.0255. The number of nitrogens with zero attached hydrogens (tertiary/aromatic N) is 1. The Morgan fingerprint density at radius 3 is 2.43 bits per heavy atom. The van der Waals surface area contributed by atoms with Gasteiger partial charge in [-0.15, -0.1) is 0 Å². The van der Waals surface area contributed by atoms with Crippen LogP contribution in [-0.4, -0.2) is 40.9 Å². The number of carboxylic acid groups (broad SMARTS) is 1. The summed E-state index contributed by atoms with van der Waals surface area (Å²) in [4.78, 5) is 37.2. The number of allylic oxidation sites excluding steroid dienone is 2. The van der Waals surface area contributed by atoms with Crippen LogP contribution in [0.5, 0.6) is 0 Å². The van der Waals surface area contributed by atoms with Gasteiger partial charge in [-0.05, 0) is 31.1 Å². The molecular formula is C15H20N2O4. The molecule has 5 atom stereocenters. The van der Waals surface area contributed by atoms with E-state index in [0.29, 0.717) is 19.5 Å². The second kappa shape index (κ2) is 5.16. The van der Waals surface area contributed by atoms with E-state index >= 15 is 0 Å². The molecule has 3 rings (SSSR count). The third-order valence-corrected chi connectivity index (χ3v) is 5.17. The number of nitrogens with two attached hydrogens (primary N) is 1. The van der Waals surface area contributed by atoms with Crippen LogP contribution in [0.3, 0.4) is 0 Å². The lowest BCUT2D eigenvalue weighted by Crippen LogP contribution is -2.49. The van der Waals surface area contributed by atoms with E-state index in [1.165, 1.54) is 0 Å². The van der Waals surface area contributed by atoms with Crippen LogP contribution in [0, 0.1) is 29.6 Å². The highest BCUT2D eigenvalue weighted by Gasteiger charge is 2.52. The van der Waals surface area contributed by atoms with E-state index < -0.39 is 17.8 Å². The zero-order valence-electron chi connectivity index (χ0n) is 11.8. The van der Waals surface area contributed by atoms with Gasteiger partial charge in [0.1, 0.15) is 0 Å². The van der Waals surface area contributed by atoms with Crippen molar-refractivity contribution >= 4 is 17.8 Å². The van der Waals surface area contributed by atoms with Gasteiger partial charge >= 0.3 is 5.97 Å². The molecule has 2 fully saturated rings. The van der Waals surface area contributed by atoms with Crippen LogP contribution < -0.4 is 5.73 Å². The van der Waals surface area contributed by atoms with Crippen LogP contribution in [0.25, 0.3) is 0 Å². The molecular weight excluding hydrogens is 272 g/mol. The van der Waals surface area contributed by atoms with Gasteiger partial charge in [0.05, 0.1) is 17.8 Å². The van der Waals surface area contributed by atoms with Gasteiger partial charge in [-0.25, -0.2) is 0 Å². The van der Waals surface area contributed by atoms with Crippen molar-refractivity contribution in [2.24, 2.45) is 35.3 Å². The van der Waals surface area contributed by atoms with E-state index in [-0.39, 0.29) is 29.6 Å². The number of amides is 2. The van der Waals surface area contributed by atoms with Crippen LogP contribution >= 0.6 is 0 Å². The first-order chi connectivity index (χ1) is 9.99. The smallest absolute Gasteiger partial charge is 0.307 e. The van der Waals surface area contributed by atoms with Gasteiger partial charge in [0.25, 0.3) is 0 Å². The maximum atomic E-state index is 12.7. The molecule has 1 saturated heterocycles. The number of primary amides is 1. The lowest BCUT2D eigenvalue weighted by atomic mass is 9.81. The van der Waals surface area contributed by atoms with Crippen molar-refractivity contribution in [3.63, 3.8) is 0 Å². The number of carbonyl (C=O) groups is 3. The molecule has 0 aromatic rings. The molecule has 6 nitrogen and oxygen atoms in total. The van der Waals surface area contributed by atoms with Crippen LogP contribution in [-0.2, 0) is 14.4 Å². The number of fused-ring (bicyclic) bond motifs is 2. The number of carbonyl (C=O) groups excluding carboxylic acids is 2. The first-order valence-electron chi connectivity index (χ1n) is 7.48. The summed E-state index contributed by atoms with van der Waals surface area (Å²) < 4.78 is 0. The second-order valence-corrected chi connectivity index (χ2v) is 6.36. The number of likely N-dealkylation sites (tertiary alicyclic amines) is 1. The van der Waals surface area contributed by atoms with Crippen molar-refractivity contribution in [2.45, 2.75) is 19.3 Å².